The Morgan fingerprint density at radius 1 is 0.633 bits per heavy atom. The molecule has 4 atom stereocenters. The Balaban J connectivity index is 0.889. The monoisotopic (exact) mass is 783 g/mol. The molecule has 2 fully saturated rings. The molecule has 3 nitrogen and oxygen atoms in total. The van der Waals surface area contributed by atoms with Crippen molar-refractivity contribution in [3.63, 3.8) is 0 Å². The van der Waals surface area contributed by atoms with E-state index in [0.717, 1.165) is 31.5 Å². The fourth-order valence-corrected chi connectivity index (χ4v) is 13.2. The van der Waals surface area contributed by atoms with Crippen LogP contribution in [-0.4, -0.2) is 5.84 Å². The predicted molar refractivity (Wildman–Crippen MR) is 247 cm³/mol. The molecule has 0 radical (unpaired) electrons. The molecule has 0 saturated heterocycles. The average molecular weight is 784 g/mol. The van der Waals surface area contributed by atoms with E-state index >= 15 is 0 Å². The van der Waals surface area contributed by atoms with Gasteiger partial charge in [-0.2, -0.15) is 0 Å². The zero-order chi connectivity index (χ0) is 39.7. The number of hydrogen-bond donors (Lipinski definition) is 2. The van der Waals surface area contributed by atoms with E-state index in [1.165, 1.54) is 103 Å². The molecule has 0 bridgehead atoms. The highest BCUT2D eigenvalue weighted by molar-refractivity contribution is 5.99. The first-order valence-electron chi connectivity index (χ1n) is 23.4. The average Bonchev–Trinajstić information content (AvgIpc) is 3.73. The van der Waals surface area contributed by atoms with Gasteiger partial charge >= 0.3 is 0 Å². The quantitative estimate of drug-likeness (QED) is 0.211. The lowest BCUT2D eigenvalue weighted by Crippen LogP contribution is -2.45. The summed E-state index contributed by atoms with van der Waals surface area (Å²) in [6.45, 7) is 0. The van der Waals surface area contributed by atoms with Crippen LogP contribution >= 0.6 is 0 Å². The maximum atomic E-state index is 5.30. The summed E-state index contributed by atoms with van der Waals surface area (Å²) in [6, 6.07) is 38.8. The molecule has 12 rings (SSSR count). The highest BCUT2D eigenvalue weighted by Gasteiger charge is 2.56. The van der Waals surface area contributed by atoms with Crippen molar-refractivity contribution in [2.45, 2.75) is 114 Å². The molecule has 7 aliphatic carbocycles. The van der Waals surface area contributed by atoms with Gasteiger partial charge in [0.1, 0.15) is 18.2 Å². The number of amidine groups is 1. The first-order valence-corrected chi connectivity index (χ1v) is 23.4. The Morgan fingerprint density at radius 3 is 2.22 bits per heavy atom. The van der Waals surface area contributed by atoms with Crippen molar-refractivity contribution in [1.82, 2.24) is 10.6 Å². The van der Waals surface area contributed by atoms with Crippen LogP contribution in [0.25, 0.3) is 16.7 Å². The molecule has 2 N–H and O–H groups in total. The zero-order valence-corrected chi connectivity index (χ0v) is 34.9. The normalized spacial score (nSPS) is 27.1. The van der Waals surface area contributed by atoms with Crippen LogP contribution in [0.5, 0.6) is 0 Å². The smallest absolute Gasteiger partial charge is 0.129 e. The van der Waals surface area contributed by atoms with E-state index in [9.17, 15) is 0 Å². The fraction of sp³-hybridized carbons (Fsp3) is 0.351. The number of fused-ring (bicyclic) bond motifs is 9. The van der Waals surface area contributed by atoms with Gasteiger partial charge in [0.05, 0.1) is 0 Å². The Kier molecular flexibility index (Phi) is 8.99. The van der Waals surface area contributed by atoms with Gasteiger partial charge in [-0.15, -0.1) is 0 Å². The Labute approximate surface area is 356 Å². The molecule has 1 heterocycles. The summed E-state index contributed by atoms with van der Waals surface area (Å²) >= 11 is 0. The van der Waals surface area contributed by atoms with Gasteiger partial charge in [-0.1, -0.05) is 166 Å². The van der Waals surface area contributed by atoms with Crippen LogP contribution in [0.3, 0.4) is 0 Å². The van der Waals surface area contributed by atoms with E-state index in [-0.39, 0.29) is 17.7 Å². The number of nitrogens with zero attached hydrogens (tertiary/aromatic N) is 1. The minimum Gasteiger partial charge on any atom is -0.351 e. The van der Waals surface area contributed by atoms with Gasteiger partial charge in [0, 0.05) is 16.7 Å². The number of allylic oxidation sites excluding steroid dienone is 11. The Morgan fingerprint density at radius 2 is 1.38 bits per heavy atom. The third kappa shape index (κ3) is 5.90. The van der Waals surface area contributed by atoms with E-state index in [1.807, 2.05) is 0 Å². The number of aliphatic imine (C=N–C) groups is 1. The van der Waals surface area contributed by atoms with Gasteiger partial charge in [-0.3, -0.25) is 5.32 Å². The lowest BCUT2D eigenvalue weighted by molar-refractivity contribution is 0.227. The zero-order valence-electron chi connectivity index (χ0n) is 34.9. The summed E-state index contributed by atoms with van der Waals surface area (Å²) in [5.74, 6) is 2.12. The van der Waals surface area contributed by atoms with Gasteiger partial charge < -0.3 is 5.32 Å². The van der Waals surface area contributed by atoms with Gasteiger partial charge in [0.2, 0.25) is 0 Å². The van der Waals surface area contributed by atoms with Crippen molar-refractivity contribution in [3.8, 4) is 11.1 Å². The van der Waals surface area contributed by atoms with Gasteiger partial charge in [-0.25, -0.2) is 4.99 Å². The molecule has 60 heavy (non-hydrogen) atoms. The van der Waals surface area contributed by atoms with Crippen molar-refractivity contribution in [3.05, 3.63) is 195 Å². The lowest BCUT2D eigenvalue weighted by Gasteiger charge is -2.44. The fourth-order valence-electron chi connectivity index (χ4n) is 13.2. The van der Waals surface area contributed by atoms with Crippen molar-refractivity contribution in [2.24, 2.45) is 16.3 Å². The third-order valence-corrected chi connectivity index (χ3v) is 16.0. The highest BCUT2D eigenvalue weighted by atomic mass is 15.3. The van der Waals surface area contributed by atoms with Crippen LogP contribution in [-0.2, 0) is 5.41 Å². The SMILES string of the molecule is C1=CCCC(C2=NC(c3cccc(-c4cccc(C5=CC6=C(CC5)C5=CC7c8ccccc8C8(CCCCC8)C7C=C5C65CCCCC5)c4)c3)NC(c3ccccc3)N2)=C1. The molecular weight excluding hydrogens is 727 g/mol. The summed E-state index contributed by atoms with van der Waals surface area (Å²) in [6.07, 6.45) is 32.7. The predicted octanol–water partition coefficient (Wildman–Crippen LogP) is 13.8. The van der Waals surface area contributed by atoms with E-state index < -0.39 is 0 Å². The second kappa shape index (κ2) is 14.7. The summed E-state index contributed by atoms with van der Waals surface area (Å²) in [4.78, 5) is 5.30. The van der Waals surface area contributed by atoms with E-state index in [1.54, 1.807) is 33.4 Å². The minimum atomic E-state index is -0.157. The van der Waals surface area contributed by atoms with Crippen LogP contribution in [0.2, 0.25) is 0 Å². The Hall–Kier alpha value is -5.25. The third-order valence-electron chi connectivity index (χ3n) is 16.0. The second-order valence-electron chi connectivity index (χ2n) is 19.1. The number of rotatable bonds is 5. The van der Waals surface area contributed by atoms with Crippen LogP contribution in [0.15, 0.2) is 172 Å². The van der Waals surface area contributed by atoms with Gasteiger partial charge in [0.25, 0.3) is 0 Å². The minimum absolute atomic E-state index is 0.0258. The summed E-state index contributed by atoms with van der Waals surface area (Å²) in [5.41, 5.74) is 19.6. The van der Waals surface area contributed by atoms with Crippen LogP contribution in [0.1, 0.15) is 136 Å². The largest absolute Gasteiger partial charge is 0.351 e. The van der Waals surface area contributed by atoms with Crippen molar-refractivity contribution in [1.29, 1.82) is 0 Å². The molecule has 0 amide bonds. The topological polar surface area (TPSA) is 36.4 Å². The molecule has 4 aromatic carbocycles. The van der Waals surface area contributed by atoms with E-state index in [4.69, 9.17) is 4.99 Å². The van der Waals surface area contributed by atoms with Gasteiger partial charge in [0.15, 0.2) is 0 Å². The molecule has 2 saturated carbocycles. The van der Waals surface area contributed by atoms with Gasteiger partial charge in [-0.05, 0) is 142 Å². The van der Waals surface area contributed by atoms with Crippen LogP contribution in [0, 0.1) is 11.3 Å². The highest BCUT2D eigenvalue weighted by Crippen LogP contribution is 2.67. The lowest BCUT2D eigenvalue weighted by atomic mass is 9.59. The molecule has 4 unspecified atom stereocenters. The van der Waals surface area contributed by atoms with Crippen molar-refractivity contribution >= 4 is 11.4 Å². The molecule has 2 spiro atoms. The first-order chi connectivity index (χ1) is 29.7. The number of benzene rings is 4. The Bertz CT molecular complexity index is 2580. The maximum absolute atomic E-state index is 5.30. The van der Waals surface area contributed by atoms with Crippen LogP contribution in [0.4, 0.5) is 0 Å². The second-order valence-corrected chi connectivity index (χ2v) is 19.1. The first kappa shape index (κ1) is 36.6. The standard InChI is InChI=1S/C57H57N3/c1-5-17-38(18-6-1)53-58-54(39-19-7-2-8-20-39)60-55(59-53)44-24-16-23-42(34-44)40-21-15-22-41(33-40)43-27-28-46-48-36-47-45-25-9-10-26-49(45)56(29-11-3-12-30-56)51(47)37-52(48)57(50(46)35-43)31-13-4-14-32-57/h1-2,5-7,9-10,15-19,21-26,33-37,47,51,53,55,59H,3-4,8,11-14,20,27-32H2,(H,58,60). The van der Waals surface area contributed by atoms with Crippen molar-refractivity contribution in [2.75, 3.05) is 0 Å². The molecular formula is C57H57N3. The number of nitrogens with one attached hydrogen (secondary N) is 2. The molecule has 4 aromatic rings. The summed E-state index contributed by atoms with van der Waals surface area (Å²) < 4.78 is 0. The maximum Gasteiger partial charge on any atom is 0.129 e. The molecule has 300 valence electrons. The molecule has 3 heteroatoms. The molecule has 8 aliphatic rings. The van der Waals surface area contributed by atoms with E-state index in [2.05, 4.69) is 150 Å². The summed E-state index contributed by atoms with van der Waals surface area (Å²) in [5, 5.41) is 7.57. The molecule has 1 aliphatic heterocycles. The number of hydrogen-bond acceptors (Lipinski definition) is 3. The van der Waals surface area contributed by atoms with Crippen LogP contribution < -0.4 is 10.6 Å². The molecule has 0 aromatic heterocycles. The summed E-state index contributed by atoms with van der Waals surface area (Å²) in [7, 11) is 0. The van der Waals surface area contributed by atoms with Crippen molar-refractivity contribution < 1.29 is 0 Å². The van der Waals surface area contributed by atoms with E-state index in [0.29, 0.717) is 17.3 Å².